The topological polar surface area (TPSA) is 49.3 Å². The molecule has 3 nitrogen and oxygen atoms in total. The van der Waals surface area contributed by atoms with Gasteiger partial charge < -0.3 is 10.4 Å². The van der Waals surface area contributed by atoms with Gasteiger partial charge in [-0.05, 0) is 30.5 Å². The fraction of sp³-hybridized carbons (Fsp3) is 0.533. The molecule has 0 aromatic heterocycles. The second-order valence-corrected chi connectivity index (χ2v) is 3.76. The molecule has 1 atom stereocenters. The average molecular weight is 253 g/mol. The molecule has 18 heavy (non-hydrogen) atoms. The summed E-state index contributed by atoms with van der Waals surface area (Å²) < 4.78 is 0. The first-order valence-corrected chi connectivity index (χ1v) is 6.01. The van der Waals surface area contributed by atoms with Crippen molar-refractivity contribution >= 4 is 5.91 Å². The number of carbonyl (C=O) groups excluding carboxylic acids is 1. The van der Waals surface area contributed by atoms with Crippen LogP contribution in [0.1, 0.15) is 51.0 Å². The predicted molar refractivity (Wildman–Crippen MR) is 77.6 cm³/mol. The van der Waals surface area contributed by atoms with Crippen LogP contribution in [0.4, 0.5) is 0 Å². The first-order chi connectivity index (χ1) is 8.02. The number of aliphatic hydroxyl groups is 1. The highest BCUT2D eigenvalue weighted by Gasteiger charge is 2.12. The number of hydrogen-bond donors (Lipinski definition) is 2. The first-order valence-electron chi connectivity index (χ1n) is 6.01. The summed E-state index contributed by atoms with van der Waals surface area (Å²) in [6.07, 6.45) is -0.630. The Morgan fingerprint density at radius 2 is 1.72 bits per heavy atom. The van der Waals surface area contributed by atoms with Gasteiger partial charge in [0.05, 0.1) is 6.10 Å². The number of benzene rings is 1. The van der Waals surface area contributed by atoms with Gasteiger partial charge in [0, 0.05) is 13.5 Å². The number of amides is 1. The maximum absolute atomic E-state index is 10.7. The first kappa shape index (κ1) is 19.0. The van der Waals surface area contributed by atoms with Crippen molar-refractivity contribution in [1.82, 2.24) is 5.32 Å². The highest BCUT2D eigenvalue weighted by molar-refractivity contribution is 5.72. The lowest BCUT2D eigenvalue weighted by Gasteiger charge is -2.16. The van der Waals surface area contributed by atoms with Gasteiger partial charge in [-0.25, -0.2) is 0 Å². The largest absolute Gasteiger partial charge is 0.387 e. The Labute approximate surface area is 111 Å². The number of hydrogen-bond acceptors (Lipinski definition) is 2. The summed E-state index contributed by atoms with van der Waals surface area (Å²) >= 11 is 0. The Bertz CT molecular complexity index is 341. The normalized spacial score (nSPS) is 10.6. The quantitative estimate of drug-likeness (QED) is 0.869. The second-order valence-electron chi connectivity index (χ2n) is 3.76. The summed E-state index contributed by atoms with van der Waals surface area (Å²) in [7, 11) is 0. The van der Waals surface area contributed by atoms with Gasteiger partial charge in [0.25, 0.3) is 0 Å². The van der Waals surface area contributed by atoms with Gasteiger partial charge in [0.2, 0.25) is 5.91 Å². The van der Waals surface area contributed by atoms with E-state index in [4.69, 9.17) is 0 Å². The predicted octanol–water partition coefficient (Wildman–Crippen LogP) is 3.14. The van der Waals surface area contributed by atoms with Crippen LogP contribution >= 0.6 is 0 Å². The molecule has 0 aliphatic carbocycles. The van der Waals surface area contributed by atoms with E-state index < -0.39 is 6.10 Å². The van der Waals surface area contributed by atoms with Crippen LogP contribution in [-0.4, -0.2) is 17.6 Å². The fourth-order valence-electron chi connectivity index (χ4n) is 1.70. The Balaban J connectivity index is 0. The number of rotatable bonds is 3. The van der Waals surface area contributed by atoms with Crippen LogP contribution in [0, 0.1) is 13.8 Å². The van der Waals surface area contributed by atoms with Gasteiger partial charge in [-0.15, -0.1) is 0 Å². The number of aryl methyl sites for hydroxylation is 2. The highest BCUT2D eigenvalue weighted by atomic mass is 16.3. The van der Waals surface area contributed by atoms with Crippen molar-refractivity contribution < 1.29 is 9.90 Å². The van der Waals surface area contributed by atoms with Crippen LogP contribution in [0.25, 0.3) is 0 Å². The third kappa shape index (κ3) is 5.82. The molecular weight excluding hydrogens is 226 g/mol. The van der Waals surface area contributed by atoms with E-state index in [0.29, 0.717) is 0 Å². The molecule has 104 valence electrons. The zero-order valence-electron chi connectivity index (χ0n) is 11.4. The van der Waals surface area contributed by atoms with Gasteiger partial charge in [0.15, 0.2) is 0 Å². The van der Waals surface area contributed by atoms with Crippen molar-refractivity contribution in [2.45, 2.75) is 48.1 Å². The molecule has 0 saturated heterocycles. The Kier molecular flexibility index (Phi) is 10.2. The van der Waals surface area contributed by atoms with E-state index in [-0.39, 0.29) is 19.9 Å². The zero-order chi connectivity index (χ0) is 13.4. The smallest absolute Gasteiger partial charge is 0.216 e. The number of carbonyl (C=O) groups is 1. The van der Waals surface area contributed by atoms with Gasteiger partial charge in [0.1, 0.15) is 0 Å². The lowest BCUT2D eigenvalue weighted by molar-refractivity contribution is -0.119. The lowest BCUT2D eigenvalue weighted by Crippen LogP contribution is -2.26. The molecule has 0 aliphatic rings. The summed E-state index contributed by atoms with van der Waals surface area (Å²) in [6, 6.07) is 5.87. The van der Waals surface area contributed by atoms with E-state index in [1.54, 1.807) is 0 Å². The summed E-state index contributed by atoms with van der Waals surface area (Å²) in [5, 5.41) is 12.5. The van der Waals surface area contributed by atoms with Gasteiger partial charge in [-0.3, -0.25) is 4.79 Å². The molecule has 0 aliphatic heterocycles. The minimum atomic E-state index is -0.630. The van der Waals surface area contributed by atoms with Crippen LogP contribution in [-0.2, 0) is 4.79 Å². The molecule has 1 aromatic carbocycles. The van der Waals surface area contributed by atoms with Gasteiger partial charge >= 0.3 is 0 Å². The molecule has 0 radical (unpaired) electrons. The average Bonchev–Trinajstić information content (AvgIpc) is 2.29. The second kappa shape index (κ2) is 9.66. The molecule has 0 heterocycles. The molecule has 0 saturated carbocycles. The molecule has 0 bridgehead atoms. The summed E-state index contributed by atoms with van der Waals surface area (Å²) in [5.74, 6) is -0.125. The van der Waals surface area contributed by atoms with Crippen molar-refractivity contribution in [2.75, 3.05) is 6.54 Å². The molecular formula is C15H27NO2. The van der Waals surface area contributed by atoms with E-state index in [2.05, 4.69) is 5.32 Å². The maximum atomic E-state index is 10.7. The fourth-order valence-corrected chi connectivity index (χ4v) is 1.70. The standard InChI is InChI=1S/C12H17NO2.C2H6.CH4/c1-8-5-4-6-9(2)12(8)11(15)7-13-10(3)14;1-2;/h4-6,11,15H,7H2,1-3H3,(H,13,14);1-2H3;1H4. The molecule has 1 aromatic rings. The molecule has 0 spiro atoms. The van der Waals surface area contributed by atoms with Gasteiger partial charge in [-0.1, -0.05) is 39.5 Å². The third-order valence-corrected chi connectivity index (χ3v) is 2.42. The van der Waals surface area contributed by atoms with Crippen LogP contribution in [0.2, 0.25) is 0 Å². The van der Waals surface area contributed by atoms with Crippen molar-refractivity contribution in [2.24, 2.45) is 0 Å². The maximum Gasteiger partial charge on any atom is 0.216 e. The molecule has 0 fully saturated rings. The van der Waals surface area contributed by atoms with Crippen molar-refractivity contribution in [3.05, 3.63) is 34.9 Å². The summed E-state index contributed by atoms with van der Waals surface area (Å²) in [5.41, 5.74) is 3.01. The zero-order valence-corrected chi connectivity index (χ0v) is 11.4. The van der Waals surface area contributed by atoms with Crippen molar-refractivity contribution in [1.29, 1.82) is 0 Å². The van der Waals surface area contributed by atoms with Crippen molar-refractivity contribution in [3.63, 3.8) is 0 Å². The molecule has 1 rings (SSSR count). The summed E-state index contributed by atoms with van der Waals surface area (Å²) in [6.45, 7) is 9.62. The molecule has 3 heteroatoms. The SMILES string of the molecule is C.CC.CC(=O)NCC(O)c1c(C)cccc1C. The Morgan fingerprint density at radius 3 is 2.11 bits per heavy atom. The van der Waals surface area contributed by atoms with Crippen LogP contribution in [0.15, 0.2) is 18.2 Å². The molecule has 1 unspecified atom stereocenters. The number of nitrogens with one attached hydrogen (secondary N) is 1. The minimum Gasteiger partial charge on any atom is -0.387 e. The van der Waals surface area contributed by atoms with Crippen molar-refractivity contribution in [3.8, 4) is 0 Å². The highest BCUT2D eigenvalue weighted by Crippen LogP contribution is 2.20. The Morgan fingerprint density at radius 1 is 1.28 bits per heavy atom. The molecule has 1 amide bonds. The summed E-state index contributed by atoms with van der Waals surface area (Å²) in [4.78, 5) is 10.7. The van der Waals surface area contributed by atoms with E-state index in [1.165, 1.54) is 6.92 Å². The third-order valence-electron chi connectivity index (χ3n) is 2.42. The Hall–Kier alpha value is -1.35. The minimum absolute atomic E-state index is 0. The van der Waals surface area contributed by atoms with Crippen LogP contribution in [0.5, 0.6) is 0 Å². The van der Waals surface area contributed by atoms with E-state index in [0.717, 1.165) is 16.7 Å². The number of aliphatic hydroxyl groups excluding tert-OH is 1. The lowest BCUT2D eigenvalue weighted by atomic mass is 9.98. The monoisotopic (exact) mass is 253 g/mol. The van der Waals surface area contributed by atoms with Gasteiger partial charge in [-0.2, -0.15) is 0 Å². The van der Waals surface area contributed by atoms with Crippen LogP contribution < -0.4 is 5.32 Å². The molecule has 2 N–H and O–H groups in total. The van der Waals surface area contributed by atoms with E-state index >= 15 is 0 Å². The van der Waals surface area contributed by atoms with Crippen LogP contribution in [0.3, 0.4) is 0 Å². The van der Waals surface area contributed by atoms with E-state index in [1.807, 2.05) is 45.9 Å². The van der Waals surface area contributed by atoms with E-state index in [9.17, 15) is 9.90 Å².